The van der Waals surface area contributed by atoms with Gasteiger partial charge in [0.2, 0.25) is 5.91 Å². The fourth-order valence-corrected chi connectivity index (χ4v) is 2.81. The molecule has 1 atom stereocenters. The molecule has 0 aliphatic carbocycles. The summed E-state index contributed by atoms with van der Waals surface area (Å²) >= 11 is 0. The monoisotopic (exact) mass is 348 g/mol. The molecule has 0 saturated heterocycles. The number of pyridine rings is 1. The fraction of sp³-hybridized carbons (Fsp3) is 0.176. The average molecular weight is 348 g/mol. The first-order valence-electron chi connectivity index (χ1n) is 7.15. The maximum absolute atomic E-state index is 13.9. The first-order valence-corrected chi connectivity index (χ1v) is 9.04. The van der Waals surface area contributed by atoms with Crippen molar-refractivity contribution in [1.82, 2.24) is 10.3 Å². The Morgan fingerprint density at radius 1 is 1.33 bits per heavy atom. The quantitative estimate of drug-likeness (QED) is 0.843. The SMILES string of the molecule is CC(NC(=O)/C=C/c1cccnc1)c1ccc(S(C)(=O)=O)c(F)c1. The van der Waals surface area contributed by atoms with Gasteiger partial charge in [-0.2, -0.15) is 0 Å². The minimum absolute atomic E-state index is 0.348. The van der Waals surface area contributed by atoms with Gasteiger partial charge in [-0.3, -0.25) is 9.78 Å². The number of carbonyl (C=O) groups is 1. The number of nitrogens with one attached hydrogen (secondary N) is 1. The second-order valence-electron chi connectivity index (χ2n) is 5.31. The van der Waals surface area contributed by atoms with Crippen molar-refractivity contribution in [2.24, 2.45) is 0 Å². The van der Waals surface area contributed by atoms with E-state index in [4.69, 9.17) is 0 Å². The van der Waals surface area contributed by atoms with E-state index in [1.807, 2.05) is 0 Å². The molecule has 126 valence electrons. The van der Waals surface area contributed by atoms with Crippen LogP contribution in [0.3, 0.4) is 0 Å². The Bertz CT molecular complexity index is 865. The highest BCUT2D eigenvalue weighted by molar-refractivity contribution is 7.90. The fourth-order valence-electron chi connectivity index (χ4n) is 2.08. The Morgan fingerprint density at radius 3 is 2.67 bits per heavy atom. The summed E-state index contributed by atoms with van der Waals surface area (Å²) in [4.78, 5) is 15.5. The molecule has 0 aliphatic heterocycles. The Kier molecular flexibility index (Phi) is 5.46. The molecule has 2 rings (SSSR count). The molecule has 1 N–H and O–H groups in total. The van der Waals surface area contributed by atoms with Crippen LogP contribution < -0.4 is 5.32 Å². The molecular weight excluding hydrogens is 331 g/mol. The summed E-state index contributed by atoms with van der Waals surface area (Å²) in [6.07, 6.45) is 7.16. The van der Waals surface area contributed by atoms with E-state index in [0.717, 1.165) is 17.9 Å². The van der Waals surface area contributed by atoms with Crippen LogP contribution in [0.1, 0.15) is 24.1 Å². The molecule has 1 aromatic heterocycles. The number of carbonyl (C=O) groups excluding carboxylic acids is 1. The molecule has 0 saturated carbocycles. The molecule has 0 spiro atoms. The van der Waals surface area contributed by atoms with Gasteiger partial charge < -0.3 is 5.32 Å². The van der Waals surface area contributed by atoms with E-state index in [1.165, 1.54) is 18.2 Å². The van der Waals surface area contributed by atoms with Crippen LogP contribution in [-0.4, -0.2) is 25.6 Å². The number of benzene rings is 1. The lowest BCUT2D eigenvalue weighted by Gasteiger charge is -2.14. The van der Waals surface area contributed by atoms with Crippen LogP contribution in [-0.2, 0) is 14.6 Å². The number of hydrogen-bond acceptors (Lipinski definition) is 4. The zero-order valence-electron chi connectivity index (χ0n) is 13.2. The normalized spacial score (nSPS) is 13.0. The number of amides is 1. The minimum Gasteiger partial charge on any atom is -0.346 e. The van der Waals surface area contributed by atoms with Crippen molar-refractivity contribution in [2.45, 2.75) is 17.9 Å². The van der Waals surface area contributed by atoms with E-state index in [9.17, 15) is 17.6 Å². The zero-order chi connectivity index (χ0) is 17.7. The maximum atomic E-state index is 13.9. The van der Waals surface area contributed by atoms with Crippen LogP contribution >= 0.6 is 0 Å². The average Bonchev–Trinajstić information content (AvgIpc) is 2.52. The van der Waals surface area contributed by atoms with Gasteiger partial charge in [-0.25, -0.2) is 12.8 Å². The molecular formula is C17H17FN2O3S. The molecule has 2 aromatic rings. The smallest absolute Gasteiger partial charge is 0.244 e. The highest BCUT2D eigenvalue weighted by Gasteiger charge is 2.16. The molecule has 1 aromatic carbocycles. The van der Waals surface area contributed by atoms with Crippen molar-refractivity contribution < 1.29 is 17.6 Å². The lowest BCUT2D eigenvalue weighted by atomic mass is 10.1. The lowest BCUT2D eigenvalue weighted by molar-refractivity contribution is -0.117. The van der Waals surface area contributed by atoms with Gasteiger partial charge in [0.15, 0.2) is 9.84 Å². The second-order valence-corrected chi connectivity index (χ2v) is 7.30. The molecule has 5 nitrogen and oxygen atoms in total. The second kappa shape index (κ2) is 7.35. The Balaban J connectivity index is 2.07. The van der Waals surface area contributed by atoms with Gasteiger partial charge in [-0.05, 0) is 42.3 Å². The van der Waals surface area contributed by atoms with Crippen LogP contribution in [0.4, 0.5) is 4.39 Å². The van der Waals surface area contributed by atoms with Crippen molar-refractivity contribution >= 4 is 21.8 Å². The summed E-state index contributed by atoms with van der Waals surface area (Å²) in [5.74, 6) is -1.18. The summed E-state index contributed by atoms with van der Waals surface area (Å²) in [5, 5.41) is 2.69. The highest BCUT2D eigenvalue weighted by atomic mass is 32.2. The van der Waals surface area contributed by atoms with E-state index in [0.29, 0.717) is 5.56 Å². The topological polar surface area (TPSA) is 76.1 Å². The van der Waals surface area contributed by atoms with Gasteiger partial charge in [-0.15, -0.1) is 0 Å². The molecule has 7 heteroatoms. The molecule has 1 amide bonds. The number of rotatable bonds is 5. The predicted octanol–water partition coefficient (Wildman–Crippen LogP) is 2.51. The Morgan fingerprint density at radius 2 is 2.08 bits per heavy atom. The summed E-state index contributed by atoms with van der Waals surface area (Å²) < 4.78 is 36.7. The predicted molar refractivity (Wildman–Crippen MR) is 89.3 cm³/mol. The molecule has 0 fully saturated rings. The zero-order valence-corrected chi connectivity index (χ0v) is 14.0. The molecule has 1 unspecified atom stereocenters. The third kappa shape index (κ3) is 4.73. The van der Waals surface area contributed by atoms with E-state index in [2.05, 4.69) is 10.3 Å². The Hall–Kier alpha value is -2.54. The van der Waals surface area contributed by atoms with Crippen LogP contribution in [0.25, 0.3) is 6.08 Å². The van der Waals surface area contributed by atoms with E-state index >= 15 is 0 Å². The van der Waals surface area contributed by atoms with Crippen molar-refractivity contribution in [2.75, 3.05) is 6.26 Å². The lowest BCUT2D eigenvalue weighted by Crippen LogP contribution is -2.24. The number of nitrogens with zero attached hydrogens (tertiary/aromatic N) is 1. The van der Waals surface area contributed by atoms with Crippen molar-refractivity contribution in [1.29, 1.82) is 0 Å². The van der Waals surface area contributed by atoms with Crippen molar-refractivity contribution in [3.8, 4) is 0 Å². The van der Waals surface area contributed by atoms with Crippen LogP contribution in [0.15, 0.2) is 53.7 Å². The van der Waals surface area contributed by atoms with Gasteiger partial charge in [-0.1, -0.05) is 12.1 Å². The van der Waals surface area contributed by atoms with Gasteiger partial charge >= 0.3 is 0 Å². The third-order valence-electron chi connectivity index (χ3n) is 3.33. The minimum atomic E-state index is -3.62. The summed E-state index contributed by atoms with van der Waals surface area (Å²) in [6.45, 7) is 1.69. The van der Waals surface area contributed by atoms with E-state index in [-0.39, 0.29) is 10.8 Å². The van der Waals surface area contributed by atoms with Gasteiger partial charge in [0.25, 0.3) is 0 Å². The third-order valence-corrected chi connectivity index (χ3v) is 4.46. The Labute approximate surface area is 140 Å². The number of halogens is 1. The summed E-state index contributed by atoms with van der Waals surface area (Å²) in [7, 11) is -3.62. The number of hydrogen-bond donors (Lipinski definition) is 1. The van der Waals surface area contributed by atoms with Crippen LogP contribution in [0.5, 0.6) is 0 Å². The maximum Gasteiger partial charge on any atom is 0.244 e. The highest BCUT2D eigenvalue weighted by Crippen LogP contribution is 2.20. The van der Waals surface area contributed by atoms with Gasteiger partial charge in [0, 0.05) is 24.7 Å². The van der Waals surface area contributed by atoms with Crippen molar-refractivity contribution in [3.05, 3.63) is 65.7 Å². The molecule has 0 aliphatic rings. The standard InChI is InChI=1S/C17H17FN2O3S/c1-12(14-6-7-16(15(18)10-14)24(2,22)23)20-17(21)8-5-13-4-3-9-19-11-13/h3-12H,1-2H3,(H,20,21)/b8-5+. The van der Waals surface area contributed by atoms with Gasteiger partial charge in [0.05, 0.1) is 6.04 Å². The molecule has 1 heterocycles. The van der Waals surface area contributed by atoms with E-state index in [1.54, 1.807) is 37.5 Å². The van der Waals surface area contributed by atoms with Crippen LogP contribution in [0.2, 0.25) is 0 Å². The van der Waals surface area contributed by atoms with Crippen molar-refractivity contribution in [3.63, 3.8) is 0 Å². The number of sulfone groups is 1. The first-order chi connectivity index (χ1) is 11.3. The summed E-state index contributed by atoms with van der Waals surface area (Å²) in [6, 6.07) is 6.89. The summed E-state index contributed by atoms with van der Waals surface area (Å²) in [5.41, 5.74) is 1.26. The van der Waals surface area contributed by atoms with E-state index < -0.39 is 21.7 Å². The van der Waals surface area contributed by atoms with Gasteiger partial charge in [0.1, 0.15) is 10.7 Å². The van der Waals surface area contributed by atoms with Crippen LogP contribution in [0, 0.1) is 5.82 Å². The molecule has 24 heavy (non-hydrogen) atoms. The molecule has 0 radical (unpaired) electrons. The number of aromatic nitrogens is 1. The largest absolute Gasteiger partial charge is 0.346 e. The first kappa shape index (κ1) is 17.8. The molecule has 0 bridgehead atoms.